The van der Waals surface area contributed by atoms with Crippen LogP contribution in [0.15, 0.2) is 28.7 Å². The molecule has 2 N–H and O–H groups in total. The van der Waals surface area contributed by atoms with Gasteiger partial charge in [-0.15, -0.1) is 12.4 Å². The number of nitrogens with zero attached hydrogens (tertiary/aromatic N) is 1. The molecular weight excluding hydrogens is 354 g/mol. The molecule has 0 spiro atoms. The number of carbonyl (C=O) groups is 1. The predicted octanol–water partition coefficient (Wildman–Crippen LogP) is 1.82. The Kier molecular flexibility index (Phi) is 8.92. The Bertz CT molecular complexity index is 421. The van der Waals surface area contributed by atoms with Crippen LogP contribution in [0.1, 0.15) is 12.0 Å². The molecule has 6 heteroatoms. The van der Waals surface area contributed by atoms with Crippen LogP contribution < -0.4 is 10.6 Å². The second-order valence-electron chi connectivity index (χ2n) is 5.07. The highest BCUT2D eigenvalue weighted by Crippen LogP contribution is 2.11. The van der Waals surface area contributed by atoms with E-state index in [4.69, 9.17) is 0 Å². The van der Waals surface area contributed by atoms with Gasteiger partial charge >= 0.3 is 0 Å². The van der Waals surface area contributed by atoms with Gasteiger partial charge in [-0.25, -0.2) is 0 Å². The molecule has 21 heavy (non-hydrogen) atoms. The molecule has 1 aromatic carbocycles. The summed E-state index contributed by atoms with van der Waals surface area (Å²) in [5, 5.41) is 6.33. The zero-order chi connectivity index (χ0) is 14.2. The third-order valence-electron chi connectivity index (χ3n) is 3.51. The molecule has 0 saturated carbocycles. The van der Waals surface area contributed by atoms with Crippen molar-refractivity contribution in [2.24, 2.45) is 0 Å². The number of nitrogens with one attached hydrogen (secondary N) is 2. The molecule has 1 fully saturated rings. The van der Waals surface area contributed by atoms with E-state index in [-0.39, 0.29) is 18.3 Å². The van der Waals surface area contributed by atoms with E-state index in [1.54, 1.807) is 0 Å². The minimum absolute atomic E-state index is 0. The first-order valence-electron chi connectivity index (χ1n) is 7.18. The summed E-state index contributed by atoms with van der Waals surface area (Å²) < 4.78 is 1.07. The first-order chi connectivity index (χ1) is 9.74. The lowest BCUT2D eigenvalue weighted by molar-refractivity contribution is -0.121. The number of hydrogen-bond acceptors (Lipinski definition) is 3. The highest BCUT2D eigenvalue weighted by atomic mass is 79.9. The van der Waals surface area contributed by atoms with Gasteiger partial charge in [0.2, 0.25) is 5.91 Å². The van der Waals surface area contributed by atoms with E-state index >= 15 is 0 Å². The third-order valence-corrected chi connectivity index (χ3v) is 4.04. The molecule has 2 rings (SSSR count). The van der Waals surface area contributed by atoms with Gasteiger partial charge in [0, 0.05) is 50.2 Å². The standard InChI is InChI=1S/C15H22BrN3O.ClH/c16-14-4-1-13(2-5-14)3-6-15(20)18-9-12-19-10-7-17-8-11-19;/h1-2,4-5,17H,3,6-12H2,(H,18,20);1H. The van der Waals surface area contributed by atoms with Crippen LogP contribution in [0.3, 0.4) is 0 Å². The molecule has 0 unspecified atom stereocenters. The van der Waals surface area contributed by atoms with Gasteiger partial charge in [0.05, 0.1) is 0 Å². The lowest BCUT2D eigenvalue weighted by Gasteiger charge is -2.27. The van der Waals surface area contributed by atoms with Crippen LogP contribution >= 0.6 is 28.3 Å². The summed E-state index contributed by atoms with van der Waals surface area (Å²) in [5.74, 6) is 0.142. The molecular formula is C15H23BrClN3O. The monoisotopic (exact) mass is 375 g/mol. The van der Waals surface area contributed by atoms with Gasteiger partial charge in [0.15, 0.2) is 0 Å². The van der Waals surface area contributed by atoms with E-state index < -0.39 is 0 Å². The Morgan fingerprint density at radius 3 is 2.57 bits per heavy atom. The molecule has 1 amide bonds. The third kappa shape index (κ3) is 7.27. The molecule has 4 nitrogen and oxygen atoms in total. The molecule has 0 atom stereocenters. The Balaban J connectivity index is 0.00000220. The van der Waals surface area contributed by atoms with Crippen molar-refractivity contribution in [1.29, 1.82) is 0 Å². The second kappa shape index (κ2) is 10.2. The summed E-state index contributed by atoms with van der Waals surface area (Å²) in [6.07, 6.45) is 1.36. The normalized spacial score (nSPS) is 15.3. The van der Waals surface area contributed by atoms with Gasteiger partial charge in [-0.3, -0.25) is 9.69 Å². The van der Waals surface area contributed by atoms with E-state index in [1.807, 2.05) is 12.1 Å². The Morgan fingerprint density at radius 1 is 1.24 bits per heavy atom. The minimum atomic E-state index is 0. The molecule has 1 aliphatic heterocycles. The second-order valence-corrected chi connectivity index (χ2v) is 5.98. The number of hydrogen-bond donors (Lipinski definition) is 2. The summed E-state index contributed by atoms with van der Waals surface area (Å²) in [6, 6.07) is 8.13. The quantitative estimate of drug-likeness (QED) is 0.796. The molecule has 0 bridgehead atoms. The zero-order valence-electron chi connectivity index (χ0n) is 12.1. The van der Waals surface area contributed by atoms with Crippen LogP contribution in [-0.4, -0.2) is 50.1 Å². The predicted molar refractivity (Wildman–Crippen MR) is 92.0 cm³/mol. The average Bonchev–Trinajstić information content (AvgIpc) is 2.48. The Hall–Kier alpha value is -0.620. The smallest absolute Gasteiger partial charge is 0.220 e. The fraction of sp³-hybridized carbons (Fsp3) is 0.533. The van der Waals surface area contributed by atoms with Gasteiger partial charge in [-0.05, 0) is 24.1 Å². The van der Waals surface area contributed by atoms with Gasteiger partial charge in [0.25, 0.3) is 0 Å². The number of aryl methyl sites for hydroxylation is 1. The Labute approximate surface area is 141 Å². The topological polar surface area (TPSA) is 44.4 Å². The summed E-state index contributed by atoms with van der Waals surface area (Å²) in [6.45, 7) is 5.96. The van der Waals surface area contributed by atoms with Crippen LogP contribution in [0.5, 0.6) is 0 Å². The van der Waals surface area contributed by atoms with E-state index in [9.17, 15) is 4.79 Å². The first kappa shape index (κ1) is 18.4. The number of rotatable bonds is 6. The summed E-state index contributed by atoms with van der Waals surface area (Å²) >= 11 is 3.41. The average molecular weight is 377 g/mol. The van der Waals surface area contributed by atoms with E-state index in [0.29, 0.717) is 6.42 Å². The Morgan fingerprint density at radius 2 is 1.90 bits per heavy atom. The minimum Gasteiger partial charge on any atom is -0.355 e. The maximum absolute atomic E-state index is 11.8. The molecule has 1 heterocycles. The molecule has 1 saturated heterocycles. The van der Waals surface area contributed by atoms with Crippen molar-refractivity contribution >= 4 is 34.2 Å². The van der Waals surface area contributed by atoms with Gasteiger partial charge in [0.1, 0.15) is 0 Å². The molecule has 0 aliphatic carbocycles. The van der Waals surface area contributed by atoms with Gasteiger partial charge in [-0.2, -0.15) is 0 Å². The largest absolute Gasteiger partial charge is 0.355 e. The molecule has 118 valence electrons. The summed E-state index contributed by atoms with van der Waals surface area (Å²) in [4.78, 5) is 14.2. The van der Waals surface area contributed by atoms with Crippen LogP contribution in [0.4, 0.5) is 0 Å². The summed E-state index contributed by atoms with van der Waals surface area (Å²) in [5.41, 5.74) is 1.20. The van der Waals surface area contributed by atoms with E-state index in [1.165, 1.54) is 5.56 Å². The molecule has 0 aromatic heterocycles. The van der Waals surface area contributed by atoms with Crippen molar-refractivity contribution in [2.45, 2.75) is 12.8 Å². The summed E-state index contributed by atoms with van der Waals surface area (Å²) in [7, 11) is 0. The van der Waals surface area contributed by atoms with E-state index in [0.717, 1.165) is 50.2 Å². The van der Waals surface area contributed by atoms with Crippen molar-refractivity contribution in [1.82, 2.24) is 15.5 Å². The van der Waals surface area contributed by atoms with Crippen molar-refractivity contribution in [3.05, 3.63) is 34.3 Å². The van der Waals surface area contributed by atoms with Gasteiger partial charge < -0.3 is 10.6 Å². The number of carbonyl (C=O) groups excluding carboxylic acids is 1. The molecule has 1 aromatic rings. The van der Waals surface area contributed by atoms with Crippen LogP contribution in [0, 0.1) is 0 Å². The first-order valence-corrected chi connectivity index (χ1v) is 7.97. The van der Waals surface area contributed by atoms with E-state index in [2.05, 4.69) is 43.6 Å². The zero-order valence-corrected chi connectivity index (χ0v) is 14.5. The van der Waals surface area contributed by atoms with Crippen LogP contribution in [0.25, 0.3) is 0 Å². The van der Waals surface area contributed by atoms with Crippen LogP contribution in [0.2, 0.25) is 0 Å². The van der Waals surface area contributed by atoms with Crippen molar-refractivity contribution in [3.8, 4) is 0 Å². The van der Waals surface area contributed by atoms with Gasteiger partial charge in [-0.1, -0.05) is 28.1 Å². The SMILES string of the molecule is Cl.O=C(CCc1ccc(Br)cc1)NCCN1CCNCC1. The van der Waals surface area contributed by atoms with Crippen molar-refractivity contribution < 1.29 is 4.79 Å². The fourth-order valence-electron chi connectivity index (χ4n) is 2.29. The number of piperazine rings is 1. The van der Waals surface area contributed by atoms with Crippen molar-refractivity contribution in [3.63, 3.8) is 0 Å². The van der Waals surface area contributed by atoms with Crippen molar-refractivity contribution in [2.75, 3.05) is 39.3 Å². The lowest BCUT2D eigenvalue weighted by atomic mass is 10.1. The number of halogens is 2. The maximum atomic E-state index is 11.8. The number of benzene rings is 1. The lowest BCUT2D eigenvalue weighted by Crippen LogP contribution is -2.46. The highest BCUT2D eigenvalue weighted by molar-refractivity contribution is 9.10. The fourth-order valence-corrected chi connectivity index (χ4v) is 2.55. The van der Waals surface area contributed by atoms with Crippen LogP contribution in [-0.2, 0) is 11.2 Å². The highest BCUT2D eigenvalue weighted by Gasteiger charge is 2.09. The number of amides is 1. The molecule has 1 aliphatic rings. The maximum Gasteiger partial charge on any atom is 0.220 e. The molecule has 0 radical (unpaired) electrons.